The molecule has 0 fully saturated rings. The van der Waals surface area contributed by atoms with Crippen molar-refractivity contribution in [1.82, 2.24) is 5.43 Å². The Morgan fingerprint density at radius 1 is 1.58 bits per heavy atom. The summed E-state index contributed by atoms with van der Waals surface area (Å²) in [5.41, 5.74) is 7.42. The summed E-state index contributed by atoms with van der Waals surface area (Å²) in [4.78, 5) is 10.8. The van der Waals surface area contributed by atoms with Gasteiger partial charge in [0.15, 0.2) is 0 Å². The fourth-order valence-electron chi connectivity index (χ4n) is 0.314. The maximum Gasteiger partial charge on any atom is 0.265 e. The van der Waals surface area contributed by atoms with Crippen LogP contribution in [0.4, 0.5) is 0 Å². The lowest BCUT2D eigenvalue weighted by Gasteiger charge is -2.07. The molecule has 0 aliphatic carbocycles. The number of nitrogens with one attached hydrogen (secondary N) is 1. The molecule has 0 aromatic rings. The zero-order chi connectivity index (χ0) is 9.61. The highest BCUT2D eigenvalue weighted by atomic mass is 127. The van der Waals surface area contributed by atoms with Crippen molar-refractivity contribution >= 4 is 26.9 Å². The Labute approximate surface area is 82.7 Å². The molecule has 0 aliphatic rings. The van der Waals surface area contributed by atoms with Gasteiger partial charge in [0.05, 0.1) is 0 Å². The second kappa shape index (κ2) is 5.23. The van der Waals surface area contributed by atoms with Crippen molar-refractivity contribution < 1.29 is 4.79 Å². The standard InChI is InChI=1S/C7H14IN3O/c1-7(2,3)8-11-10-6(12)4-5-9/h4-5H,9H2,1-3H3,(H,10,12)/b5-4+. The number of amides is 1. The molecule has 1 amide bonds. The molecule has 0 aliphatic heterocycles. The maximum atomic E-state index is 10.8. The smallest absolute Gasteiger partial charge is 0.265 e. The van der Waals surface area contributed by atoms with Crippen molar-refractivity contribution in [1.29, 1.82) is 0 Å². The fraction of sp³-hybridized carbons (Fsp3) is 0.571. The van der Waals surface area contributed by atoms with Gasteiger partial charge in [-0.25, -0.2) is 5.43 Å². The van der Waals surface area contributed by atoms with Crippen molar-refractivity contribution in [2.45, 2.75) is 24.2 Å². The average molecular weight is 283 g/mol. The average Bonchev–Trinajstić information content (AvgIpc) is 1.84. The molecule has 0 radical (unpaired) electrons. The number of carbonyl (C=O) groups is 1. The van der Waals surface area contributed by atoms with Gasteiger partial charge < -0.3 is 5.73 Å². The van der Waals surface area contributed by atoms with E-state index in [2.05, 4.69) is 29.5 Å². The van der Waals surface area contributed by atoms with E-state index in [0.717, 1.165) is 0 Å². The van der Waals surface area contributed by atoms with Gasteiger partial charge in [-0.3, -0.25) is 4.79 Å². The van der Waals surface area contributed by atoms with Crippen LogP contribution in [0.5, 0.6) is 0 Å². The van der Waals surface area contributed by atoms with Gasteiger partial charge in [0, 0.05) is 30.5 Å². The monoisotopic (exact) mass is 283 g/mol. The van der Waals surface area contributed by atoms with Gasteiger partial charge in [0.1, 0.15) is 0 Å². The summed E-state index contributed by atoms with van der Waals surface area (Å²) in [6.45, 7) is 6.28. The van der Waals surface area contributed by atoms with E-state index in [4.69, 9.17) is 5.73 Å². The Morgan fingerprint density at radius 2 is 2.17 bits per heavy atom. The Bertz CT molecular complexity index is 205. The molecule has 0 aromatic carbocycles. The number of rotatable bonds is 2. The molecule has 4 nitrogen and oxygen atoms in total. The third-order valence-electron chi connectivity index (χ3n) is 0.696. The molecular weight excluding hydrogens is 269 g/mol. The highest BCUT2D eigenvalue weighted by Crippen LogP contribution is 2.22. The zero-order valence-electron chi connectivity index (χ0n) is 7.47. The van der Waals surface area contributed by atoms with Gasteiger partial charge in [-0.05, 0) is 6.20 Å². The maximum absolute atomic E-state index is 10.8. The molecule has 0 atom stereocenters. The first-order valence-corrected chi connectivity index (χ1v) is 5.53. The number of nitrogens with zero attached hydrogens (tertiary/aromatic N) is 1. The van der Waals surface area contributed by atoms with Gasteiger partial charge in [-0.1, -0.05) is 20.8 Å². The van der Waals surface area contributed by atoms with E-state index >= 15 is 0 Å². The zero-order valence-corrected chi connectivity index (χ0v) is 9.62. The van der Waals surface area contributed by atoms with E-state index in [9.17, 15) is 4.79 Å². The van der Waals surface area contributed by atoms with Crippen LogP contribution < -0.4 is 11.2 Å². The second-order valence-corrected chi connectivity index (χ2v) is 7.27. The molecule has 0 rings (SSSR count). The van der Waals surface area contributed by atoms with E-state index < -0.39 is 0 Å². The molecule has 0 saturated carbocycles. The first kappa shape index (κ1) is 11.5. The van der Waals surface area contributed by atoms with Crippen LogP contribution in [0.15, 0.2) is 15.5 Å². The summed E-state index contributed by atoms with van der Waals surface area (Å²) in [6.07, 6.45) is 2.44. The van der Waals surface area contributed by atoms with Gasteiger partial charge in [0.2, 0.25) is 0 Å². The largest absolute Gasteiger partial charge is 0.404 e. The van der Waals surface area contributed by atoms with Crippen LogP contribution in [0.1, 0.15) is 20.8 Å². The van der Waals surface area contributed by atoms with Gasteiger partial charge in [0.25, 0.3) is 5.91 Å². The molecule has 5 heteroatoms. The molecule has 0 saturated heterocycles. The van der Waals surface area contributed by atoms with Crippen molar-refractivity contribution in [3.63, 3.8) is 0 Å². The first-order valence-electron chi connectivity index (χ1n) is 3.49. The van der Waals surface area contributed by atoms with E-state index in [1.54, 1.807) is 0 Å². The van der Waals surface area contributed by atoms with E-state index in [1.165, 1.54) is 12.3 Å². The number of hydrogen-bond acceptors (Lipinski definition) is 3. The Balaban J connectivity index is 3.83. The Kier molecular flexibility index (Phi) is 5.03. The summed E-state index contributed by atoms with van der Waals surface area (Å²) < 4.78 is 4.17. The summed E-state index contributed by atoms with van der Waals surface area (Å²) in [6, 6.07) is 0. The highest BCUT2D eigenvalue weighted by Gasteiger charge is 2.06. The van der Waals surface area contributed by atoms with E-state index in [-0.39, 0.29) is 30.4 Å². The van der Waals surface area contributed by atoms with Crippen LogP contribution in [0.25, 0.3) is 0 Å². The van der Waals surface area contributed by atoms with Gasteiger partial charge in [-0.2, -0.15) is 3.25 Å². The summed E-state index contributed by atoms with van der Waals surface area (Å²) in [7, 11) is 0. The molecule has 70 valence electrons. The van der Waals surface area contributed by atoms with Crippen LogP contribution in [0, 0.1) is 0 Å². The summed E-state index contributed by atoms with van der Waals surface area (Å²) in [5, 5.41) is 0. The molecule has 3 N–H and O–H groups in total. The molecule has 0 spiro atoms. The van der Waals surface area contributed by atoms with Gasteiger partial charge in [-0.15, -0.1) is 0 Å². The molecule has 12 heavy (non-hydrogen) atoms. The number of hydrogen-bond donors (Lipinski definition) is 2. The van der Waals surface area contributed by atoms with Crippen LogP contribution in [-0.2, 0) is 4.79 Å². The lowest BCUT2D eigenvalue weighted by Crippen LogP contribution is -2.14. The topological polar surface area (TPSA) is 67.5 Å². The quantitative estimate of drug-likeness (QED) is 0.348. The van der Waals surface area contributed by atoms with Crippen molar-refractivity contribution in [2.75, 3.05) is 0 Å². The van der Waals surface area contributed by atoms with Gasteiger partial charge >= 0.3 is 0 Å². The third kappa shape index (κ3) is 7.64. The highest BCUT2D eigenvalue weighted by molar-refractivity contribution is 14.2. The van der Waals surface area contributed by atoms with Crippen LogP contribution in [-0.4, -0.2) is 9.33 Å². The Morgan fingerprint density at radius 3 is 2.58 bits per heavy atom. The minimum Gasteiger partial charge on any atom is -0.404 e. The second-order valence-electron chi connectivity index (χ2n) is 3.07. The molecule has 0 bridgehead atoms. The van der Waals surface area contributed by atoms with Crippen molar-refractivity contribution in [2.24, 2.45) is 8.99 Å². The molecular formula is C7H14IN3O. The van der Waals surface area contributed by atoms with E-state index in [0.29, 0.717) is 0 Å². The minimum atomic E-state index is -0.345. The predicted octanol–water partition coefficient (Wildman–Crippen LogP) is 1.44. The van der Waals surface area contributed by atoms with Crippen molar-refractivity contribution in [3.05, 3.63) is 12.3 Å². The SMILES string of the molecule is CC(C)(C)I=NNC(=O)/C=C/N. The number of carbonyl (C=O) groups excluding carboxylic acids is 1. The normalized spacial score (nSPS) is 13.2. The lowest BCUT2D eigenvalue weighted by atomic mass is 10.3. The fourth-order valence-corrected chi connectivity index (χ4v) is 1.40. The van der Waals surface area contributed by atoms with Crippen LogP contribution >= 0.6 is 21.0 Å². The first-order chi connectivity index (χ1) is 5.45. The molecule has 0 heterocycles. The van der Waals surface area contributed by atoms with Crippen LogP contribution in [0.3, 0.4) is 0 Å². The molecule has 0 aromatic heterocycles. The summed E-state index contributed by atoms with van der Waals surface area (Å²) >= 11 is -0.345. The number of nitrogens with two attached hydrogens (primary N) is 1. The van der Waals surface area contributed by atoms with E-state index in [1.807, 2.05) is 0 Å². The van der Waals surface area contributed by atoms with Crippen molar-refractivity contribution in [3.8, 4) is 0 Å². The van der Waals surface area contributed by atoms with Crippen LogP contribution in [0.2, 0.25) is 0 Å². The number of alkyl halides is 1. The molecule has 0 unspecified atom stereocenters. The Hall–Kier alpha value is -0.460. The predicted molar refractivity (Wildman–Crippen MR) is 57.7 cm³/mol. The summed E-state index contributed by atoms with van der Waals surface area (Å²) in [5.74, 6) is -0.263. The lowest BCUT2D eigenvalue weighted by molar-refractivity contribution is -0.116. The third-order valence-corrected chi connectivity index (χ3v) is 2.63. The minimum absolute atomic E-state index is 0.207. The number of halogens is 1.